The van der Waals surface area contributed by atoms with E-state index in [9.17, 15) is 0 Å². The average molecular weight is 201 g/mol. The number of hydrogen-bond donors (Lipinski definition) is 1. The van der Waals surface area contributed by atoms with Crippen molar-refractivity contribution in [2.75, 3.05) is 5.73 Å². The summed E-state index contributed by atoms with van der Waals surface area (Å²) in [7, 11) is 0. The van der Waals surface area contributed by atoms with E-state index in [1.54, 1.807) is 30.7 Å². The molecule has 0 aliphatic heterocycles. The van der Waals surface area contributed by atoms with Crippen molar-refractivity contribution in [1.82, 2.24) is 9.97 Å². The minimum atomic E-state index is 0.411. The molecular formula is C11H11N3O. The van der Waals surface area contributed by atoms with Crippen LogP contribution in [0.25, 0.3) is 0 Å². The van der Waals surface area contributed by atoms with Gasteiger partial charge in [0.15, 0.2) is 0 Å². The Hall–Kier alpha value is -2.10. The van der Waals surface area contributed by atoms with Crippen LogP contribution in [0.2, 0.25) is 0 Å². The summed E-state index contributed by atoms with van der Waals surface area (Å²) < 4.78 is 5.47. The highest BCUT2D eigenvalue weighted by atomic mass is 16.5. The number of anilines is 1. The molecule has 0 bridgehead atoms. The molecule has 2 N–H and O–H groups in total. The van der Waals surface area contributed by atoms with Gasteiger partial charge in [-0.3, -0.25) is 4.98 Å². The molecule has 0 spiro atoms. The molecule has 2 aromatic rings. The standard InChI is InChI=1S/C11H11N3O/c1-8-5-10(12)11(14-6-8)15-9-3-2-4-13-7-9/h2-7H,12H2,1H3. The van der Waals surface area contributed by atoms with Crippen LogP contribution in [0.1, 0.15) is 5.56 Å². The van der Waals surface area contributed by atoms with Gasteiger partial charge >= 0.3 is 0 Å². The summed E-state index contributed by atoms with van der Waals surface area (Å²) in [5.74, 6) is 1.04. The maximum Gasteiger partial charge on any atom is 0.242 e. The summed E-state index contributed by atoms with van der Waals surface area (Å²) in [6, 6.07) is 5.41. The topological polar surface area (TPSA) is 61.0 Å². The minimum Gasteiger partial charge on any atom is -0.435 e. The lowest BCUT2D eigenvalue weighted by Crippen LogP contribution is -1.95. The van der Waals surface area contributed by atoms with Crippen LogP contribution in [-0.4, -0.2) is 9.97 Å². The summed E-state index contributed by atoms with van der Waals surface area (Å²) in [5.41, 5.74) is 7.29. The summed E-state index contributed by atoms with van der Waals surface area (Å²) in [5, 5.41) is 0. The number of aromatic nitrogens is 2. The van der Waals surface area contributed by atoms with Crippen molar-refractivity contribution in [1.29, 1.82) is 0 Å². The van der Waals surface area contributed by atoms with E-state index in [1.165, 1.54) is 0 Å². The smallest absolute Gasteiger partial charge is 0.242 e. The third kappa shape index (κ3) is 2.22. The largest absolute Gasteiger partial charge is 0.435 e. The molecular weight excluding hydrogens is 190 g/mol. The highest BCUT2D eigenvalue weighted by Gasteiger charge is 2.03. The van der Waals surface area contributed by atoms with E-state index in [2.05, 4.69) is 9.97 Å². The highest BCUT2D eigenvalue weighted by Crippen LogP contribution is 2.24. The highest BCUT2D eigenvalue weighted by molar-refractivity contribution is 5.50. The van der Waals surface area contributed by atoms with Crippen LogP contribution in [0.15, 0.2) is 36.8 Å². The van der Waals surface area contributed by atoms with E-state index in [1.807, 2.05) is 13.0 Å². The first kappa shape index (κ1) is 9.45. The van der Waals surface area contributed by atoms with Gasteiger partial charge in [0.25, 0.3) is 0 Å². The van der Waals surface area contributed by atoms with Crippen LogP contribution in [0.4, 0.5) is 5.69 Å². The molecule has 2 aromatic heterocycles. The van der Waals surface area contributed by atoms with E-state index < -0.39 is 0 Å². The van der Waals surface area contributed by atoms with Crippen molar-refractivity contribution in [3.05, 3.63) is 42.4 Å². The Kier molecular flexibility index (Phi) is 2.49. The SMILES string of the molecule is Cc1cnc(Oc2cccnc2)c(N)c1. The van der Waals surface area contributed by atoms with Gasteiger partial charge in [0.05, 0.1) is 11.9 Å². The van der Waals surface area contributed by atoms with Crippen LogP contribution in [0, 0.1) is 6.92 Å². The van der Waals surface area contributed by atoms with Gasteiger partial charge in [-0.05, 0) is 30.7 Å². The molecule has 15 heavy (non-hydrogen) atoms. The fourth-order valence-electron chi connectivity index (χ4n) is 1.18. The van der Waals surface area contributed by atoms with Crippen LogP contribution in [0.5, 0.6) is 11.6 Å². The van der Waals surface area contributed by atoms with Crippen LogP contribution >= 0.6 is 0 Å². The quantitative estimate of drug-likeness (QED) is 0.808. The molecule has 0 fully saturated rings. The number of aryl methyl sites for hydroxylation is 1. The first-order valence-corrected chi connectivity index (χ1v) is 4.56. The van der Waals surface area contributed by atoms with E-state index >= 15 is 0 Å². The van der Waals surface area contributed by atoms with Gasteiger partial charge in [0, 0.05) is 12.4 Å². The van der Waals surface area contributed by atoms with Crippen molar-refractivity contribution in [3.8, 4) is 11.6 Å². The van der Waals surface area contributed by atoms with Gasteiger partial charge in [-0.25, -0.2) is 4.98 Å². The first-order chi connectivity index (χ1) is 7.25. The lowest BCUT2D eigenvalue weighted by atomic mass is 10.3. The molecule has 0 saturated carbocycles. The van der Waals surface area contributed by atoms with Crippen molar-refractivity contribution in [2.45, 2.75) is 6.92 Å². The maximum absolute atomic E-state index is 5.76. The molecule has 0 radical (unpaired) electrons. The number of pyridine rings is 2. The van der Waals surface area contributed by atoms with Gasteiger partial charge in [-0.15, -0.1) is 0 Å². The normalized spacial score (nSPS) is 9.93. The second kappa shape index (κ2) is 3.96. The van der Waals surface area contributed by atoms with Crippen LogP contribution in [0.3, 0.4) is 0 Å². The van der Waals surface area contributed by atoms with Crippen molar-refractivity contribution >= 4 is 5.69 Å². The van der Waals surface area contributed by atoms with Crippen molar-refractivity contribution in [3.63, 3.8) is 0 Å². The van der Waals surface area contributed by atoms with Crippen molar-refractivity contribution in [2.24, 2.45) is 0 Å². The Morgan fingerprint density at radius 2 is 2.20 bits per heavy atom. The summed E-state index contributed by atoms with van der Waals surface area (Å²) in [6.45, 7) is 1.93. The fourth-order valence-corrected chi connectivity index (χ4v) is 1.18. The molecule has 0 aliphatic carbocycles. The second-order valence-electron chi connectivity index (χ2n) is 3.20. The molecule has 2 rings (SSSR count). The number of hydrogen-bond acceptors (Lipinski definition) is 4. The van der Waals surface area contributed by atoms with Gasteiger partial charge in [0.2, 0.25) is 5.88 Å². The third-order valence-electron chi connectivity index (χ3n) is 1.86. The Bertz CT molecular complexity index is 457. The van der Waals surface area contributed by atoms with Gasteiger partial charge < -0.3 is 10.5 Å². The molecule has 0 aliphatic rings. The summed E-state index contributed by atoms with van der Waals surface area (Å²) in [4.78, 5) is 8.03. The zero-order valence-electron chi connectivity index (χ0n) is 8.34. The monoisotopic (exact) mass is 201 g/mol. The molecule has 4 nitrogen and oxygen atoms in total. The second-order valence-corrected chi connectivity index (χ2v) is 3.20. The maximum atomic E-state index is 5.76. The Morgan fingerprint density at radius 3 is 2.87 bits per heavy atom. The fraction of sp³-hybridized carbons (Fsp3) is 0.0909. The zero-order chi connectivity index (χ0) is 10.7. The summed E-state index contributed by atoms with van der Waals surface area (Å²) in [6.07, 6.45) is 5.00. The number of ether oxygens (including phenoxy) is 1. The average Bonchev–Trinajstić information content (AvgIpc) is 2.24. The van der Waals surface area contributed by atoms with Crippen LogP contribution in [-0.2, 0) is 0 Å². The molecule has 2 heterocycles. The molecule has 76 valence electrons. The lowest BCUT2D eigenvalue weighted by Gasteiger charge is -2.06. The molecule has 0 atom stereocenters. The molecule has 0 aromatic carbocycles. The zero-order valence-corrected chi connectivity index (χ0v) is 8.34. The molecule has 4 heteroatoms. The van der Waals surface area contributed by atoms with E-state index in [4.69, 9.17) is 10.5 Å². The number of nitrogens with two attached hydrogens (primary N) is 1. The first-order valence-electron chi connectivity index (χ1n) is 4.56. The minimum absolute atomic E-state index is 0.411. The number of nitrogen functional groups attached to an aromatic ring is 1. The molecule has 0 amide bonds. The van der Waals surface area contributed by atoms with E-state index in [0.29, 0.717) is 17.3 Å². The predicted octanol–water partition coefficient (Wildman–Crippen LogP) is 2.16. The molecule has 0 saturated heterocycles. The predicted molar refractivity (Wildman–Crippen MR) is 57.7 cm³/mol. The Balaban J connectivity index is 2.25. The third-order valence-corrected chi connectivity index (χ3v) is 1.86. The van der Waals surface area contributed by atoms with Crippen molar-refractivity contribution < 1.29 is 4.74 Å². The van der Waals surface area contributed by atoms with Gasteiger partial charge in [0.1, 0.15) is 5.75 Å². The number of rotatable bonds is 2. The van der Waals surface area contributed by atoms with Crippen LogP contribution < -0.4 is 10.5 Å². The van der Waals surface area contributed by atoms with Gasteiger partial charge in [-0.2, -0.15) is 0 Å². The molecule has 0 unspecified atom stereocenters. The Morgan fingerprint density at radius 1 is 1.33 bits per heavy atom. The number of nitrogens with zero attached hydrogens (tertiary/aromatic N) is 2. The Labute approximate surface area is 87.7 Å². The van der Waals surface area contributed by atoms with Gasteiger partial charge in [-0.1, -0.05) is 0 Å². The van der Waals surface area contributed by atoms with E-state index in [-0.39, 0.29) is 0 Å². The van der Waals surface area contributed by atoms with E-state index in [0.717, 1.165) is 5.56 Å². The lowest BCUT2D eigenvalue weighted by molar-refractivity contribution is 0.463. The summed E-state index contributed by atoms with van der Waals surface area (Å²) >= 11 is 0.